The highest BCUT2D eigenvalue weighted by molar-refractivity contribution is 5.89. The number of benzene rings is 1. The summed E-state index contributed by atoms with van der Waals surface area (Å²) in [6.45, 7) is 11.8. The third-order valence-electron chi connectivity index (χ3n) is 6.26. The number of ether oxygens (including phenoxy) is 3. The van der Waals surface area contributed by atoms with Crippen LogP contribution in [0.1, 0.15) is 75.7 Å². The number of hydrogen-bond acceptors (Lipinski definition) is 6. The van der Waals surface area contributed by atoms with Crippen LogP contribution in [0.15, 0.2) is 18.2 Å². The first-order valence-electron chi connectivity index (χ1n) is 12.1. The first-order chi connectivity index (χ1) is 16.0. The molecular formula is C26H38N2O6. The molecule has 34 heavy (non-hydrogen) atoms. The van der Waals surface area contributed by atoms with E-state index in [1.165, 1.54) is 7.11 Å². The van der Waals surface area contributed by atoms with Gasteiger partial charge in [0.25, 0.3) is 0 Å². The molecule has 0 aliphatic carbocycles. The summed E-state index contributed by atoms with van der Waals surface area (Å²) in [5.41, 5.74) is 0.890. The summed E-state index contributed by atoms with van der Waals surface area (Å²) < 4.78 is 16.8. The van der Waals surface area contributed by atoms with Gasteiger partial charge in [0.2, 0.25) is 5.91 Å². The van der Waals surface area contributed by atoms with Crippen LogP contribution in [0.2, 0.25) is 0 Å². The standard InChI is InChI=1S/C26H38N2O6/c1-17(2)23(29)27-12-9-18(10-13-27)21-15-19(24(30)32-6)7-8-22(21)33-20-11-14-28(16-20)25(31)34-26(3,4)5/h7-8,15,17-18,20H,9-14,16H2,1-6H3/t20-/m0/s1. The number of carbonyl (C=O) groups is 3. The Bertz CT molecular complexity index is 899. The molecule has 0 N–H and O–H groups in total. The van der Waals surface area contributed by atoms with Crippen molar-refractivity contribution in [3.05, 3.63) is 29.3 Å². The Morgan fingerprint density at radius 3 is 2.24 bits per heavy atom. The molecule has 0 unspecified atom stereocenters. The second kappa shape index (κ2) is 10.7. The van der Waals surface area contributed by atoms with Crippen molar-refractivity contribution in [2.24, 2.45) is 5.92 Å². The summed E-state index contributed by atoms with van der Waals surface area (Å²) in [4.78, 5) is 40.6. The zero-order valence-corrected chi connectivity index (χ0v) is 21.3. The third-order valence-corrected chi connectivity index (χ3v) is 6.26. The fourth-order valence-electron chi connectivity index (χ4n) is 4.49. The lowest BCUT2D eigenvalue weighted by Gasteiger charge is -2.34. The maximum absolute atomic E-state index is 12.4. The molecule has 8 heteroatoms. The van der Waals surface area contributed by atoms with Crippen LogP contribution in [0.25, 0.3) is 0 Å². The van der Waals surface area contributed by atoms with Gasteiger partial charge in [-0.3, -0.25) is 4.79 Å². The van der Waals surface area contributed by atoms with Gasteiger partial charge in [-0.2, -0.15) is 0 Å². The molecule has 2 saturated heterocycles. The van der Waals surface area contributed by atoms with Crippen molar-refractivity contribution in [3.63, 3.8) is 0 Å². The summed E-state index contributed by atoms with van der Waals surface area (Å²) in [5.74, 6) is 0.647. The number of rotatable bonds is 5. The van der Waals surface area contributed by atoms with Crippen molar-refractivity contribution in [2.45, 2.75) is 71.5 Å². The van der Waals surface area contributed by atoms with E-state index in [-0.39, 0.29) is 29.9 Å². The molecule has 2 aliphatic rings. The molecule has 1 aromatic carbocycles. The van der Waals surface area contributed by atoms with Gasteiger partial charge in [0.15, 0.2) is 0 Å². The predicted molar refractivity (Wildman–Crippen MR) is 128 cm³/mol. The first-order valence-corrected chi connectivity index (χ1v) is 12.1. The molecule has 8 nitrogen and oxygen atoms in total. The van der Waals surface area contributed by atoms with Crippen LogP contribution in [0.3, 0.4) is 0 Å². The zero-order valence-electron chi connectivity index (χ0n) is 21.3. The molecule has 2 aliphatic heterocycles. The normalized spacial score (nSPS) is 19.3. The number of likely N-dealkylation sites (tertiary alicyclic amines) is 2. The maximum atomic E-state index is 12.4. The maximum Gasteiger partial charge on any atom is 0.410 e. The van der Waals surface area contributed by atoms with Crippen molar-refractivity contribution in [1.29, 1.82) is 0 Å². The van der Waals surface area contributed by atoms with E-state index in [0.29, 0.717) is 38.2 Å². The molecule has 2 amide bonds. The van der Waals surface area contributed by atoms with Gasteiger partial charge in [-0.1, -0.05) is 13.8 Å². The van der Waals surface area contributed by atoms with E-state index in [1.54, 1.807) is 11.0 Å². The van der Waals surface area contributed by atoms with Crippen molar-refractivity contribution >= 4 is 18.0 Å². The fraction of sp³-hybridized carbons (Fsp3) is 0.654. The quantitative estimate of drug-likeness (QED) is 0.594. The predicted octanol–water partition coefficient (Wildman–Crippen LogP) is 4.22. The molecule has 1 atom stereocenters. The highest BCUT2D eigenvalue weighted by Gasteiger charge is 2.33. The third kappa shape index (κ3) is 6.42. The van der Waals surface area contributed by atoms with E-state index in [9.17, 15) is 14.4 Å². The number of hydrogen-bond donors (Lipinski definition) is 0. The summed E-state index contributed by atoms with van der Waals surface area (Å²) in [6, 6.07) is 5.39. The zero-order chi connectivity index (χ0) is 25.0. The Labute approximate surface area is 202 Å². The molecule has 3 rings (SSSR count). The average Bonchev–Trinajstić information content (AvgIpc) is 3.26. The van der Waals surface area contributed by atoms with Crippen LogP contribution in [-0.4, -0.2) is 72.8 Å². The molecule has 2 fully saturated rings. The lowest BCUT2D eigenvalue weighted by molar-refractivity contribution is -0.135. The summed E-state index contributed by atoms with van der Waals surface area (Å²) in [7, 11) is 1.37. The van der Waals surface area contributed by atoms with Crippen LogP contribution in [0.5, 0.6) is 5.75 Å². The van der Waals surface area contributed by atoms with Crippen LogP contribution < -0.4 is 4.74 Å². The minimum Gasteiger partial charge on any atom is -0.488 e. The van der Waals surface area contributed by atoms with Crippen LogP contribution in [0.4, 0.5) is 4.79 Å². The van der Waals surface area contributed by atoms with Gasteiger partial charge in [-0.25, -0.2) is 9.59 Å². The van der Waals surface area contributed by atoms with Gasteiger partial charge < -0.3 is 24.0 Å². The summed E-state index contributed by atoms with van der Waals surface area (Å²) >= 11 is 0. The van der Waals surface area contributed by atoms with Gasteiger partial charge in [-0.15, -0.1) is 0 Å². The van der Waals surface area contributed by atoms with Gasteiger partial charge in [0.05, 0.1) is 19.2 Å². The van der Waals surface area contributed by atoms with Gasteiger partial charge >= 0.3 is 12.1 Å². The molecule has 0 aromatic heterocycles. The number of carbonyl (C=O) groups excluding carboxylic acids is 3. The van der Waals surface area contributed by atoms with E-state index in [1.807, 2.05) is 51.7 Å². The van der Waals surface area contributed by atoms with Crippen LogP contribution >= 0.6 is 0 Å². The Hall–Kier alpha value is -2.77. The van der Waals surface area contributed by atoms with Crippen molar-refractivity contribution in [2.75, 3.05) is 33.3 Å². The molecule has 0 bridgehead atoms. The van der Waals surface area contributed by atoms with Gasteiger partial charge in [0.1, 0.15) is 17.5 Å². The molecule has 2 heterocycles. The number of piperidine rings is 1. The lowest BCUT2D eigenvalue weighted by Crippen LogP contribution is -2.40. The molecule has 188 valence electrons. The van der Waals surface area contributed by atoms with Gasteiger partial charge in [-0.05, 0) is 63.3 Å². The molecule has 0 radical (unpaired) electrons. The largest absolute Gasteiger partial charge is 0.488 e. The Balaban J connectivity index is 1.73. The van der Waals surface area contributed by atoms with Crippen molar-refractivity contribution < 1.29 is 28.6 Å². The van der Waals surface area contributed by atoms with Crippen LogP contribution in [0, 0.1) is 5.92 Å². The van der Waals surface area contributed by atoms with Crippen LogP contribution in [-0.2, 0) is 14.3 Å². The number of amides is 2. The highest BCUT2D eigenvalue weighted by atomic mass is 16.6. The molecule has 0 saturated carbocycles. The van der Waals surface area contributed by atoms with E-state index < -0.39 is 11.6 Å². The highest BCUT2D eigenvalue weighted by Crippen LogP contribution is 2.36. The smallest absolute Gasteiger partial charge is 0.410 e. The lowest BCUT2D eigenvalue weighted by atomic mass is 9.87. The second-order valence-electron chi connectivity index (χ2n) is 10.5. The summed E-state index contributed by atoms with van der Waals surface area (Å²) in [6.07, 6.45) is 1.82. The number of nitrogens with zero attached hydrogens (tertiary/aromatic N) is 2. The number of methoxy groups -OCH3 is 1. The van der Waals surface area contributed by atoms with Crippen molar-refractivity contribution in [3.8, 4) is 5.75 Å². The minimum absolute atomic E-state index is 0.0200. The molecular weight excluding hydrogens is 436 g/mol. The fourth-order valence-corrected chi connectivity index (χ4v) is 4.49. The average molecular weight is 475 g/mol. The number of esters is 1. The summed E-state index contributed by atoms with van der Waals surface area (Å²) in [5, 5.41) is 0. The van der Waals surface area contributed by atoms with E-state index in [4.69, 9.17) is 14.2 Å². The van der Waals surface area contributed by atoms with Gasteiger partial charge in [0, 0.05) is 32.0 Å². The first kappa shape index (κ1) is 25.8. The second-order valence-corrected chi connectivity index (χ2v) is 10.5. The van der Waals surface area contributed by atoms with E-state index in [2.05, 4.69) is 0 Å². The Morgan fingerprint density at radius 2 is 1.65 bits per heavy atom. The Kier molecular flexibility index (Phi) is 8.10. The van der Waals surface area contributed by atoms with E-state index in [0.717, 1.165) is 24.2 Å². The Morgan fingerprint density at radius 1 is 1.00 bits per heavy atom. The molecule has 0 spiro atoms. The SMILES string of the molecule is COC(=O)c1ccc(O[C@H]2CCN(C(=O)OC(C)(C)C)C2)c(C2CCN(C(=O)C(C)C)CC2)c1. The monoisotopic (exact) mass is 474 g/mol. The minimum atomic E-state index is -0.543. The van der Waals surface area contributed by atoms with Crippen molar-refractivity contribution in [1.82, 2.24) is 9.80 Å². The molecule has 1 aromatic rings. The van der Waals surface area contributed by atoms with E-state index >= 15 is 0 Å². The topological polar surface area (TPSA) is 85.4 Å².